The van der Waals surface area contributed by atoms with E-state index in [0.29, 0.717) is 39.2 Å². The lowest BCUT2D eigenvalue weighted by Crippen LogP contribution is -2.52. The van der Waals surface area contributed by atoms with Crippen molar-refractivity contribution in [1.29, 1.82) is 0 Å². The molecule has 138 valence electrons. The highest BCUT2D eigenvalue weighted by Crippen LogP contribution is 2.13. The summed E-state index contributed by atoms with van der Waals surface area (Å²) in [6.45, 7) is 5.64. The normalized spacial score (nSPS) is 17.8. The van der Waals surface area contributed by atoms with Crippen LogP contribution in [-0.4, -0.2) is 62.4 Å². The fourth-order valence-electron chi connectivity index (χ4n) is 2.75. The Hall–Kier alpha value is -1.70. The van der Waals surface area contributed by atoms with Gasteiger partial charge in [-0.1, -0.05) is 37.3 Å². The lowest BCUT2D eigenvalue weighted by Gasteiger charge is -2.35. The molecule has 0 aliphatic carbocycles. The van der Waals surface area contributed by atoms with Crippen LogP contribution in [0.15, 0.2) is 35.7 Å². The molecule has 2 rings (SSSR count). The monoisotopic (exact) mass is 366 g/mol. The average Bonchev–Trinajstić information content (AvgIpc) is 2.65. The highest BCUT2D eigenvalue weighted by Gasteiger charge is 2.30. The lowest BCUT2D eigenvalue weighted by atomic mass is 10.2. The summed E-state index contributed by atoms with van der Waals surface area (Å²) in [6.07, 6.45) is 1.77. The van der Waals surface area contributed by atoms with Gasteiger partial charge in [-0.3, -0.25) is 4.79 Å². The maximum atomic E-state index is 12.4. The summed E-state index contributed by atoms with van der Waals surface area (Å²) < 4.78 is 31.7. The molecular formula is C18H26N2O4S. The van der Waals surface area contributed by atoms with E-state index in [1.165, 1.54) is 9.71 Å². The van der Waals surface area contributed by atoms with Gasteiger partial charge in [0.1, 0.15) is 6.10 Å². The number of carbonyl (C=O) groups is 1. The van der Waals surface area contributed by atoms with Crippen molar-refractivity contribution in [2.45, 2.75) is 26.4 Å². The van der Waals surface area contributed by atoms with Crippen LogP contribution in [0, 0.1) is 0 Å². The molecule has 0 radical (unpaired) electrons. The molecule has 7 heteroatoms. The Kier molecular flexibility index (Phi) is 7.16. The lowest BCUT2D eigenvalue weighted by molar-refractivity contribution is -0.144. The predicted molar refractivity (Wildman–Crippen MR) is 98.3 cm³/mol. The molecule has 0 bridgehead atoms. The Labute approximate surface area is 150 Å². The van der Waals surface area contributed by atoms with Gasteiger partial charge in [-0.15, -0.1) is 0 Å². The molecule has 1 unspecified atom stereocenters. The van der Waals surface area contributed by atoms with Gasteiger partial charge in [0.15, 0.2) is 0 Å². The minimum Gasteiger partial charge on any atom is -0.369 e. The van der Waals surface area contributed by atoms with Gasteiger partial charge >= 0.3 is 0 Å². The number of hydrogen-bond donors (Lipinski definition) is 0. The Morgan fingerprint density at radius 3 is 2.36 bits per heavy atom. The van der Waals surface area contributed by atoms with Gasteiger partial charge in [-0.2, -0.15) is 4.31 Å². The van der Waals surface area contributed by atoms with Crippen LogP contribution in [0.2, 0.25) is 0 Å². The van der Waals surface area contributed by atoms with Crippen molar-refractivity contribution in [3.8, 4) is 0 Å². The molecule has 0 spiro atoms. The maximum Gasteiger partial charge on any atom is 0.251 e. The zero-order valence-corrected chi connectivity index (χ0v) is 15.6. The molecule has 1 heterocycles. The fraction of sp³-hybridized carbons (Fsp3) is 0.500. The van der Waals surface area contributed by atoms with Gasteiger partial charge < -0.3 is 9.64 Å². The van der Waals surface area contributed by atoms with Crippen LogP contribution in [0.5, 0.6) is 0 Å². The third-order valence-corrected chi connectivity index (χ3v) is 5.72. The van der Waals surface area contributed by atoms with Crippen molar-refractivity contribution in [2.75, 3.05) is 32.8 Å². The van der Waals surface area contributed by atoms with Crippen molar-refractivity contribution in [3.05, 3.63) is 41.3 Å². The number of sulfonamides is 1. The molecule has 1 fully saturated rings. The first-order valence-electron chi connectivity index (χ1n) is 8.61. The summed E-state index contributed by atoms with van der Waals surface area (Å²) in [7, 11) is -3.48. The van der Waals surface area contributed by atoms with E-state index >= 15 is 0 Å². The van der Waals surface area contributed by atoms with E-state index in [-0.39, 0.29) is 5.91 Å². The quantitative estimate of drug-likeness (QED) is 0.740. The van der Waals surface area contributed by atoms with Gasteiger partial charge in [-0.05, 0) is 25.0 Å². The van der Waals surface area contributed by atoms with E-state index in [1.54, 1.807) is 11.0 Å². The van der Waals surface area contributed by atoms with Crippen molar-refractivity contribution in [2.24, 2.45) is 0 Å². The summed E-state index contributed by atoms with van der Waals surface area (Å²) in [5, 5.41) is 1.23. The maximum absolute atomic E-state index is 12.4. The van der Waals surface area contributed by atoms with E-state index in [1.807, 2.05) is 44.2 Å². The molecule has 6 nitrogen and oxygen atoms in total. The fourth-order valence-corrected chi connectivity index (χ4v) is 3.92. The van der Waals surface area contributed by atoms with E-state index in [9.17, 15) is 13.2 Å². The molecule has 1 aromatic rings. The topological polar surface area (TPSA) is 66.9 Å². The molecule has 1 atom stereocenters. The molecule has 1 saturated heterocycles. The molecule has 0 N–H and O–H groups in total. The Morgan fingerprint density at radius 2 is 1.80 bits per heavy atom. The molecule has 0 aromatic heterocycles. The average molecular weight is 366 g/mol. The molecule has 1 aliphatic rings. The molecular weight excluding hydrogens is 340 g/mol. The number of piperazine rings is 1. The van der Waals surface area contributed by atoms with Crippen molar-refractivity contribution >= 4 is 22.0 Å². The number of amides is 1. The highest BCUT2D eigenvalue weighted by atomic mass is 32.2. The molecule has 25 heavy (non-hydrogen) atoms. The molecule has 1 amide bonds. The Balaban J connectivity index is 1.94. The van der Waals surface area contributed by atoms with Crippen molar-refractivity contribution < 1.29 is 17.9 Å². The number of rotatable bonds is 7. The second kappa shape index (κ2) is 9.12. The molecule has 1 aliphatic heterocycles. The third kappa shape index (κ3) is 5.39. The van der Waals surface area contributed by atoms with E-state index in [4.69, 9.17) is 4.74 Å². The van der Waals surface area contributed by atoms with Crippen LogP contribution < -0.4 is 0 Å². The van der Waals surface area contributed by atoms with Crippen molar-refractivity contribution in [1.82, 2.24) is 9.21 Å². The van der Waals surface area contributed by atoms with Crippen LogP contribution in [-0.2, 0) is 19.6 Å². The summed E-state index contributed by atoms with van der Waals surface area (Å²) in [5.41, 5.74) is 0.836. The van der Waals surface area contributed by atoms with Gasteiger partial charge in [0.2, 0.25) is 10.0 Å². The minimum atomic E-state index is -3.48. The number of ether oxygens (including phenoxy) is 1. The summed E-state index contributed by atoms with van der Waals surface area (Å²) in [4.78, 5) is 14.1. The number of benzene rings is 1. The summed E-state index contributed by atoms with van der Waals surface area (Å²) in [6, 6.07) is 9.30. The number of hydrogen-bond acceptors (Lipinski definition) is 4. The number of nitrogens with zero attached hydrogens (tertiary/aromatic N) is 2. The van der Waals surface area contributed by atoms with Crippen LogP contribution in [0.4, 0.5) is 0 Å². The summed E-state index contributed by atoms with van der Waals surface area (Å²) >= 11 is 0. The first kappa shape index (κ1) is 19.6. The largest absolute Gasteiger partial charge is 0.369 e. The second-order valence-electron chi connectivity index (χ2n) is 5.83. The van der Waals surface area contributed by atoms with Crippen molar-refractivity contribution in [3.63, 3.8) is 0 Å². The van der Waals surface area contributed by atoms with Crippen LogP contribution >= 0.6 is 0 Å². The molecule has 1 aromatic carbocycles. The first-order chi connectivity index (χ1) is 12.0. The van der Waals surface area contributed by atoms with E-state index in [2.05, 4.69) is 0 Å². The third-order valence-electron chi connectivity index (χ3n) is 4.16. The van der Waals surface area contributed by atoms with Gasteiger partial charge in [0, 0.05) is 38.2 Å². The Bertz CT molecular complexity index is 680. The van der Waals surface area contributed by atoms with Gasteiger partial charge in [-0.25, -0.2) is 8.42 Å². The highest BCUT2D eigenvalue weighted by molar-refractivity contribution is 7.92. The van der Waals surface area contributed by atoms with Gasteiger partial charge in [0.05, 0.1) is 0 Å². The molecule has 0 saturated carbocycles. The SMILES string of the molecule is CCOC(CC)C(=O)N1CCN(S(=O)(=O)/C=C/c2ccccc2)CC1. The van der Waals surface area contributed by atoms with E-state index < -0.39 is 16.1 Å². The first-order valence-corrected chi connectivity index (χ1v) is 10.1. The van der Waals surface area contributed by atoms with Crippen LogP contribution in [0.3, 0.4) is 0 Å². The van der Waals surface area contributed by atoms with E-state index in [0.717, 1.165) is 5.56 Å². The van der Waals surface area contributed by atoms with Crippen LogP contribution in [0.25, 0.3) is 6.08 Å². The Morgan fingerprint density at radius 1 is 1.16 bits per heavy atom. The summed E-state index contributed by atoms with van der Waals surface area (Å²) in [5.74, 6) is -0.0544. The van der Waals surface area contributed by atoms with Crippen LogP contribution in [0.1, 0.15) is 25.8 Å². The zero-order chi connectivity index (χ0) is 18.3. The predicted octanol–water partition coefficient (Wildman–Crippen LogP) is 1.95. The standard InChI is InChI=1S/C18H26N2O4S/c1-3-17(24-4-2)18(21)19-11-13-20(14-12-19)25(22,23)15-10-16-8-6-5-7-9-16/h5-10,15,17H,3-4,11-14H2,1-2H3/b15-10+. The smallest absolute Gasteiger partial charge is 0.251 e. The second-order valence-corrected chi connectivity index (χ2v) is 7.65. The minimum absolute atomic E-state index is 0.0544. The number of carbonyl (C=O) groups excluding carboxylic acids is 1. The van der Waals surface area contributed by atoms with Gasteiger partial charge in [0.25, 0.3) is 5.91 Å². The zero-order valence-electron chi connectivity index (χ0n) is 14.8.